The topological polar surface area (TPSA) is 130 Å². The van der Waals surface area contributed by atoms with Crippen molar-refractivity contribution in [3.63, 3.8) is 0 Å². The van der Waals surface area contributed by atoms with Gasteiger partial charge in [-0.3, -0.25) is 24.5 Å². The van der Waals surface area contributed by atoms with Crippen LogP contribution in [0.1, 0.15) is 97.8 Å². The Hall–Kier alpha value is -2.19. The summed E-state index contributed by atoms with van der Waals surface area (Å²) < 4.78 is 0. The van der Waals surface area contributed by atoms with Gasteiger partial charge in [0.15, 0.2) is 0 Å². The number of amides is 3. The summed E-state index contributed by atoms with van der Waals surface area (Å²) in [5.74, 6) is -0.710. The van der Waals surface area contributed by atoms with E-state index in [-0.39, 0.29) is 56.2 Å². The maximum Gasteiger partial charge on any atom is 0.223 e. The van der Waals surface area contributed by atoms with E-state index >= 15 is 0 Å². The van der Waals surface area contributed by atoms with E-state index in [1.807, 2.05) is 20.8 Å². The molecule has 0 saturated carbocycles. The standard InChI is InChI=1S/C22H42N4O5/c1-4-7-16-23-19(27)10-13-22(26(30)31,14-11-20(28)24-17-8-5-2)15-12-21(29)25-18-9-6-3/h4-18H2,1-3H3,(H,23,27)(H,24,28)(H,25,29). The van der Waals surface area contributed by atoms with E-state index in [0.717, 1.165) is 38.5 Å². The zero-order valence-electron chi connectivity index (χ0n) is 19.6. The van der Waals surface area contributed by atoms with Crippen LogP contribution in [0.25, 0.3) is 0 Å². The van der Waals surface area contributed by atoms with E-state index in [9.17, 15) is 24.5 Å². The SMILES string of the molecule is CCCCNC(=O)CCC(CCC(=O)NCCCC)(CCC(=O)NCCCC)[N+](=O)[O-]. The van der Waals surface area contributed by atoms with Gasteiger partial charge in [0.25, 0.3) is 0 Å². The number of unbranched alkanes of at least 4 members (excludes halogenated alkanes) is 3. The number of hydrogen-bond acceptors (Lipinski definition) is 5. The first-order valence-corrected chi connectivity index (χ1v) is 11.8. The number of nitrogens with one attached hydrogen (secondary N) is 3. The molecular weight excluding hydrogens is 400 g/mol. The Balaban J connectivity index is 5.04. The van der Waals surface area contributed by atoms with Gasteiger partial charge in [-0.15, -0.1) is 0 Å². The second kappa shape index (κ2) is 17.5. The molecule has 3 amide bonds. The van der Waals surface area contributed by atoms with Crippen LogP contribution >= 0.6 is 0 Å². The van der Waals surface area contributed by atoms with Gasteiger partial charge in [-0.2, -0.15) is 0 Å². The molecule has 0 aromatic heterocycles. The van der Waals surface area contributed by atoms with Crippen LogP contribution < -0.4 is 16.0 Å². The van der Waals surface area contributed by atoms with Crippen LogP contribution in [0, 0.1) is 10.1 Å². The van der Waals surface area contributed by atoms with Crippen molar-refractivity contribution in [3.05, 3.63) is 10.1 Å². The Morgan fingerprint density at radius 2 is 0.968 bits per heavy atom. The molecule has 0 atom stereocenters. The third kappa shape index (κ3) is 13.7. The first-order chi connectivity index (χ1) is 14.8. The largest absolute Gasteiger partial charge is 0.356 e. The molecule has 0 rings (SSSR count). The van der Waals surface area contributed by atoms with Crippen LogP contribution in [0.5, 0.6) is 0 Å². The summed E-state index contributed by atoms with van der Waals surface area (Å²) >= 11 is 0. The van der Waals surface area contributed by atoms with Gasteiger partial charge in [-0.1, -0.05) is 40.0 Å². The molecule has 0 heterocycles. The fourth-order valence-electron chi connectivity index (χ4n) is 3.17. The van der Waals surface area contributed by atoms with Gasteiger partial charge in [0.05, 0.1) is 0 Å². The molecule has 0 spiro atoms. The fourth-order valence-corrected chi connectivity index (χ4v) is 3.17. The lowest BCUT2D eigenvalue weighted by molar-refractivity contribution is -0.573. The normalized spacial score (nSPS) is 11.1. The Bertz CT molecular complexity index is 489. The maximum absolute atomic E-state index is 12.1. The highest BCUT2D eigenvalue weighted by molar-refractivity contribution is 5.77. The molecule has 180 valence electrons. The average Bonchev–Trinajstić information content (AvgIpc) is 2.73. The summed E-state index contributed by atoms with van der Waals surface area (Å²) in [4.78, 5) is 48.0. The van der Waals surface area contributed by atoms with Gasteiger partial charge in [0.1, 0.15) is 0 Å². The molecular formula is C22H42N4O5. The number of rotatable bonds is 19. The second-order valence-electron chi connectivity index (χ2n) is 8.09. The molecule has 0 saturated heterocycles. The molecule has 0 radical (unpaired) electrons. The molecule has 31 heavy (non-hydrogen) atoms. The maximum atomic E-state index is 12.1. The predicted molar refractivity (Wildman–Crippen MR) is 121 cm³/mol. The molecule has 0 aromatic rings. The Labute approximate surface area is 186 Å². The third-order valence-electron chi connectivity index (χ3n) is 5.40. The van der Waals surface area contributed by atoms with E-state index in [1.54, 1.807) is 0 Å². The molecule has 0 aliphatic carbocycles. The van der Waals surface area contributed by atoms with Gasteiger partial charge in [0.2, 0.25) is 23.3 Å². The van der Waals surface area contributed by atoms with E-state index in [1.165, 1.54) is 0 Å². The lowest BCUT2D eigenvalue weighted by atomic mass is 9.84. The minimum atomic E-state index is -1.48. The summed E-state index contributed by atoms with van der Waals surface area (Å²) in [6.45, 7) is 7.67. The van der Waals surface area contributed by atoms with E-state index in [0.29, 0.717) is 19.6 Å². The third-order valence-corrected chi connectivity index (χ3v) is 5.40. The summed E-state index contributed by atoms with van der Waals surface area (Å²) in [5, 5.41) is 20.4. The molecule has 0 aliphatic heterocycles. The van der Waals surface area contributed by atoms with Gasteiger partial charge < -0.3 is 16.0 Å². The van der Waals surface area contributed by atoms with E-state index in [4.69, 9.17) is 0 Å². The molecule has 0 unspecified atom stereocenters. The van der Waals surface area contributed by atoms with Gasteiger partial charge >= 0.3 is 0 Å². The van der Waals surface area contributed by atoms with Gasteiger partial charge in [0, 0.05) is 63.1 Å². The van der Waals surface area contributed by atoms with Crippen molar-refractivity contribution in [2.75, 3.05) is 19.6 Å². The summed E-state index contributed by atoms with van der Waals surface area (Å²) in [6, 6.07) is 0. The molecule has 0 aromatic carbocycles. The Morgan fingerprint density at radius 1 is 0.677 bits per heavy atom. The van der Waals surface area contributed by atoms with E-state index < -0.39 is 10.5 Å². The summed E-state index contributed by atoms with van der Waals surface area (Å²) in [6.07, 6.45) is 5.39. The predicted octanol–water partition coefficient (Wildman–Crippen LogP) is 3.09. The molecule has 0 bridgehead atoms. The highest BCUT2D eigenvalue weighted by Gasteiger charge is 2.43. The van der Waals surface area contributed by atoms with Crippen molar-refractivity contribution >= 4 is 17.7 Å². The number of carbonyl (C=O) groups excluding carboxylic acids is 3. The Morgan fingerprint density at radius 3 is 1.19 bits per heavy atom. The van der Waals surface area contributed by atoms with E-state index in [2.05, 4.69) is 16.0 Å². The number of hydrogen-bond donors (Lipinski definition) is 3. The highest BCUT2D eigenvalue weighted by Crippen LogP contribution is 2.29. The van der Waals surface area contributed by atoms with Crippen LogP contribution in [-0.4, -0.2) is 47.8 Å². The van der Waals surface area contributed by atoms with Crippen molar-refractivity contribution in [1.82, 2.24) is 16.0 Å². The summed E-state index contributed by atoms with van der Waals surface area (Å²) in [7, 11) is 0. The molecule has 9 nitrogen and oxygen atoms in total. The molecule has 0 aliphatic rings. The highest BCUT2D eigenvalue weighted by atomic mass is 16.6. The van der Waals surface area contributed by atoms with Crippen molar-refractivity contribution in [1.29, 1.82) is 0 Å². The van der Waals surface area contributed by atoms with Gasteiger partial charge in [-0.25, -0.2) is 0 Å². The fraction of sp³-hybridized carbons (Fsp3) is 0.864. The minimum absolute atomic E-state index is 0.000395. The number of nitro groups is 1. The summed E-state index contributed by atoms with van der Waals surface area (Å²) in [5.41, 5.74) is -1.48. The zero-order valence-corrected chi connectivity index (χ0v) is 19.6. The quantitative estimate of drug-likeness (QED) is 0.161. The van der Waals surface area contributed by atoms with Crippen molar-refractivity contribution < 1.29 is 19.3 Å². The van der Waals surface area contributed by atoms with Crippen LogP contribution in [0.2, 0.25) is 0 Å². The van der Waals surface area contributed by atoms with Crippen LogP contribution in [0.3, 0.4) is 0 Å². The lowest BCUT2D eigenvalue weighted by Gasteiger charge is -2.25. The van der Waals surface area contributed by atoms with Gasteiger partial charge in [-0.05, 0) is 19.3 Å². The van der Waals surface area contributed by atoms with Crippen molar-refractivity contribution in [2.45, 2.75) is 103 Å². The molecule has 9 heteroatoms. The first-order valence-electron chi connectivity index (χ1n) is 11.8. The zero-order chi connectivity index (χ0) is 23.5. The second-order valence-corrected chi connectivity index (χ2v) is 8.09. The molecule has 3 N–H and O–H groups in total. The lowest BCUT2D eigenvalue weighted by Crippen LogP contribution is -2.42. The molecule has 0 fully saturated rings. The van der Waals surface area contributed by atoms with Crippen molar-refractivity contribution in [2.24, 2.45) is 0 Å². The number of carbonyl (C=O) groups is 3. The van der Waals surface area contributed by atoms with Crippen LogP contribution in [0.4, 0.5) is 0 Å². The van der Waals surface area contributed by atoms with Crippen molar-refractivity contribution in [3.8, 4) is 0 Å². The number of nitrogens with zero attached hydrogens (tertiary/aromatic N) is 1. The monoisotopic (exact) mass is 442 g/mol. The first kappa shape index (κ1) is 28.8. The smallest absolute Gasteiger partial charge is 0.223 e. The average molecular weight is 443 g/mol. The van der Waals surface area contributed by atoms with Crippen LogP contribution in [-0.2, 0) is 14.4 Å². The Kier molecular flexibility index (Phi) is 16.3. The minimum Gasteiger partial charge on any atom is -0.356 e. The van der Waals surface area contributed by atoms with Crippen LogP contribution in [0.15, 0.2) is 0 Å².